The van der Waals surface area contributed by atoms with E-state index in [1.54, 1.807) is 12.4 Å². The van der Waals surface area contributed by atoms with Crippen molar-refractivity contribution in [3.63, 3.8) is 0 Å². The van der Waals surface area contributed by atoms with Gasteiger partial charge in [0, 0.05) is 24.4 Å². The Hall–Kier alpha value is -3.48. The maximum Gasteiger partial charge on any atom is 0.271 e. The maximum absolute atomic E-state index is 12.5. The van der Waals surface area contributed by atoms with Gasteiger partial charge in [-0.2, -0.15) is 0 Å². The molecule has 136 valence electrons. The van der Waals surface area contributed by atoms with Gasteiger partial charge in [0.15, 0.2) is 0 Å². The van der Waals surface area contributed by atoms with Gasteiger partial charge in [-0.25, -0.2) is 9.97 Å². The molecule has 7 heteroatoms. The van der Waals surface area contributed by atoms with Gasteiger partial charge >= 0.3 is 0 Å². The highest BCUT2D eigenvalue weighted by molar-refractivity contribution is 5.92. The van der Waals surface area contributed by atoms with Gasteiger partial charge in [-0.3, -0.25) is 9.78 Å². The van der Waals surface area contributed by atoms with Crippen molar-refractivity contribution in [1.29, 1.82) is 0 Å². The minimum absolute atomic E-state index is 0.156. The van der Waals surface area contributed by atoms with E-state index in [0.717, 1.165) is 22.4 Å². The van der Waals surface area contributed by atoms with Crippen LogP contribution in [-0.4, -0.2) is 40.6 Å². The minimum Gasteiger partial charge on any atom is -0.491 e. The van der Waals surface area contributed by atoms with Gasteiger partial charge in [0.25, 0.3) is 5.91 Å². The van der Waals surface area contributed by atoms with Crippen LogP contribution in [0, 0.1) is 0 Å². The number of fused-ring (bicyclic) bond motifs is 1. The Kier molecular flexibility index (Phi) is 4.65. The molecule has 1 aliphatic heterocycles. The number of hydrogen-bond donors (Lipinski definition) is 1. The molecule has 1 N–H and O–H groups in total. The summed E-state index contributed by atoms with van der Waals surface area (Å²) < 4.78 is 10.8. The third kappa shape index (κ3) is 3.57. The van der Waals surface area contributed by atoms with Crippen LogP contribution in [0.3, 0.4) is 0 Å². The van der Waals surface area contributed by atoms with E-state index in [1.165, 1.54) is 19.5 Å². The third-order valence-corrected chi connectivity index (χ3v) is 4.42. The lowest BCUT2D eigenvalue weighted by Crippen LogP contribution is -2.43. The second-order valence-electron chi connectivity index (χ2n) is 6.15. The lowest BCUT2D eigenvalue weighted by atomic mass is 9.93. The molecular formula is C20H18N4O3. The van der Waals surface area contributed by atoms with Crippen molar-refractivity contribution in [2.24, 2.45) is 0 Å². The van der Waals surface area contributed by atoms with Crippen molar-refractivity contribution >= 4 is 5.91 Å². The molecule has 1 aliphatic rings. The molecule has 0 fully saturated rings. The van der Waals surface area contributed by atoms with E-state index in [2.05, 4.69) is 26.3 Å². The standard InChI is InChI=1S/C20H18N4O3/c1-26-19-11-22-17(10-23-19)20(25)24-14-9-16-15(13-5-7-21-8-6-13)3-2-4-18(16)27-12-14/h2-8,10-11,14H,9,12H2,1H3,(H,24,25)/t14-/m0/s1. The zero-order valence-electron chi connectivity index (χ0n) is 14.8. The van der Waals surface area contributed by atoms with Crippen LogP contribution in [0.2, 0.25) is 0 Å². The second-order valence-corrected chi connectivity index (χ2v) is 6.15. The molecule has 2 aromatic heterocycles. The molecule has 7 nitrogen and oxygen atoms in total. The first kappa shape index (κ1) is 17.0. The smallest absolute Gasteiger partial charge is 0.271 e. The number of pyridine rings is 1. The Bertz CT molecular complexity index is 945. The molecular weight excluding hydrogens is 344 g/mol. The molecule has 1 amide bonds. The predicted octanol–water partition coefficient (Wildman–Crippen LogP) is 2.28. The third-order valence-electron chi connectivity index (χ3n) is 4.42. The second kappa shape index (κ2) is 7.41. The zero-order valence-corrected chi connectivity index (χ0v) is 14.8. The number of nitrogens with zero attached hydrogens (tertiary/aromatic N) is 3. The number of rotatable bonds is 4. The van der Waals surface area contributed by atoms with E-state index in [4.69, 9.17) is 9.47 Å². The minimum atomic E-state index is -0.288. The van der Waals surface area contributed by atoms with E-state index in [0.29, 0.717) is 18.9 Å². The van der Waals surface area contributed by atoms with E-state index >= 15 is 0 Å². The van der Waals surface area contributed by atoms with E-state index < -0.39 is 0 Å². The lowest BCUT2D eigenvalue weighted by Gasteiger charge is -2.27. The van der Waals surface area contributed by atoms with Crippen LogP contribution < -0.4 is 14.8 Å². The number of ether oxygens (including phenoxy) is 2. The van der Waals surface area contributed by atoms with E-state index in [9.17, 15) is 4.79 Å². The summed E-state index contributed by atoms with van der Waals surface area (Å²) in [6.45, 7) is 0.405. The summed E-state index contributed by atoms with van der Waals surface area (Å²) >= 11 is 0. The average Bonchev–Trinajstić information content (AvgIpc) is 2.74. The summed E-state index contributed by atoms with van der Waals surface area (Å²) in [6, 6.07) is 9.75. The number of nitrogens with one attached hydrogen (secondary N) is 1. The first-order chi connectivity index (χ1) is 13.2. The van der Waals surface area contributed by atoms with E-state index in [1.807, 2.05) is 24.3 Å². The Morgan fingerprint density at radius 1 is 1.19 bits per heavy atom. The number of amides is 1. The molecule has 3 heterocycles. The fraction of sp³-hybridized carbons (Fsp3) is 0.200. The van der Waals surface area contributed by atoms with Gasteiger partial charge in [-0.15, -0.1) is 0 Å². The van der Waals surface area contributed by atoms with Gasteiger partial charge < -0.3 is 14.8 Å². The summed E-state index contributed by atoms with van der Waals surface area (Å²) in [5.41, 5.74) is 3.46. The number of carbonyl (C=O) groups is 1. The Morgan fingerprint density at radius 3 is 2.78 bits per heavy atom. The normalized spacial score (nSPS) is 15.4. The zero-order chi connectivity index (χ0) is 18.6. The van der Waals surface area contributed by atoms with Crippen LogP contribution in [0.15, 0.2) is 55.1 Å². The molecule has 27 heavy (non-hydrogen) atoms. The summed E-state index contributed by atoms with van der Waals surface area (Å²) in [7, 11) is 1.50. The molecule has 0 unspecified atom stereocenters. The van der Waals surface area contributed by atoms with Crippen molar-refractivity contribution < 1.29 is 14.3 Å². The fourth-order valence-corrected chi connectivity index (χ4v) is 3.10. The molecule has 4 rings (SSSR count). The lowest BCUT2D eigenvalue weighted by molar-refractivity contribution is 0.0910. The number of hydrogen-bond acceptors (Lipinski definition) is 6. The van der Waals surface area contributed by atoms with Crippen molar-refractivity contribution in [3.05, 3.63) is 66.4 Å². The molecule has 3 aromatic rings. The molecule has 0 radical (unpaired) electrons. The highest BCUT2D eigenvalue weighted by Crippen LogP contribution is 2.34. The first-order valence-electron chi connectivity index (χ1n) is 8.56. The number of aromatic nitrogens is 3. The van der Waals surface area contributed by atoms with Crippen molar-refractivity contribution in [1.82, 2.24) is 20.3 Å². The first-order valence-corrected chi connectivity index (χ1v) is 8.56. The highest BCUT2D eigenvalue weighted by Gasteiger charge is 2.25. The fourth-order valence-electron chi connectivity index (χ4n) is 3.10. The Labute approximate surface area is 156 Å². The number of carbonyl (C=O) groups excluding carboxylic acids is 1. The summed E-state index contributed by atoms with van der Waals surface area (Å²) in [5, 5.41) is 2.97. The highest BCUT2D eigenvalue weighted by atomic mass is 16.5. The maximum atomic E-state index is 12.5. The van der Waals surface area contributed by atoms with Crippen molar-refractivity contribution in [2.75, 3.05) is 13.7 Å². The van der Waals surface area contributed by atoms with Crippen molar-refractivity contribution in [2.45, 2.75) is 12.5 Å². The topological polar surface area (TPSA) is 86.2 Å². The average molecular weight is 362 g/mol. The van der Waals surface area contributed by atoms with Crippen LogP contribution in [0.1, 0.15) is 16.1 Å². The van der Waals surface area contributed by atoms with Gasteiger partial charge in [0.1, 0.15) is 18.1 Å². The van der Waals surface area contributed by atoms with Crippen LogP contribution >= 0.6 is 0 Å². The summed E-state index contributed by atoms with van der Waals surface area (Å²) in [4.78, 5) is 24.6. The molecule has 0 saturated carbocycles. The summed E-state index contributed by atoms with van der Waals surface area (Å²) in [5.74, 6) is 0.922. The molecule has 0 saturated heterocycles. The largest absolute Gasteiger partial charge is 0.491 e. The van der Waals surface area contributed by atoms with Gasteiger partial charge in [0.05, 0.1) is 25.5 Å². The van der Waals surface area contributed by atoms with Gasteiger partial charge in [0.2, 0.25) is 5.88 Å². The van der Waals surface area contributed by atoms with Gasteiger partial charge in [-0.1, -0.05) is 12.1 Å². The van der Waals surface area contributed by atoms with Crippen LogP contribution in [0.5, 0.6) is 11.6 Å². The Morgan fingerprint density at radius 2 is 2.04 bits per heavy atom. The quantitative estimate of drug-likeness (QED) is 0.766. The van der Waals surface area contributed by atoms with Gasteiger partial charge in [-0.05, 0) is 29.3 Å². The molecule has 0 aliphatic carbocycles. The van der Waals surface area contributed by atoms with E-state index in [-0.39, 0.29) is 17.6 Å². The van der Waals surface area contributed by atoms with Crippen LogP contribution in [0.4, 0.5) is 0 Å². The molecule has 1 aromatic carbocycles. The van der Waals surface area contributed by atoms with Crippen molar-refractivity contribution in [3.8, 4) is 22.8 Å². The Balaban J connectivity index is 1.53. The molecule has 0 spiro atoms. The van der Waals surface area contributed by atoms with Crippen LogP contribution in [0.25, 0.3) is 11.1 Å². The molecule has 1 atom stereocenters. The SMILES string of the molecule is COc1cnc(C(=O)N[C@@H]2COc3cccc(-c4ccncc4)c3C2)cn1. The number of benzene rings is 1. The van der Waals surface area contributed by atoms with Crippen LogP contribution in [-0.2, 0) is 6.42 Å². The number of methoxy groups -OCH3 is 1. The summed E-state index contributed by atoms with van der Waals surface area (Å²) in [6.07, 6.45) is 7.01. The predicted molar refractivity (Wildman–Crippen MR) is 98.7 cm³/mol. The molecule has 0 bridgehead atoms. The monoisotopic (exact) mass is 362 g/mol.